The molecule has 2 aromatic rings. The Morgan fingerprint density at radius 1 is 0.962 bits per heavy atom. The van der Waals surface area contributed by atoms with Gasteiger partial charge in [0.05, 0.1) is 7.11 Å². The van der Waals surface area contributed by atoms with E-state index in [1.807, 2.05) is 56.3 Å². The first-order valence-corrected chi connectivity index (χ1v) is 8.39. The molecule has 0 bridgehead atoms. The zero-order chi connectivity index (χ0) is 18.9. The Morgan fingerprint density at radius 2 is 1.69 bits per heavy atom. The molecule has 0 aliphatic carbocycles. The van der Waals surface area contributed by atoms with Gasteiger partial charge in [0.25, 0.3) is 5.91 Å². The lowest BCUT2D eigenvalue weighted by Gasteiger charge is -2.11. The minimum absolute atomic E-state index is 0.170. The van der Waals surface area contributed by atoms with E-state index in [0.29, 0.717) is 12.2 Å². The van der Waals surface area contributed by atoms with Crippen molar-refractivity contribution in [3.63, 3.8) is 0 Å². The van der Waals surface area contributed by atoms with E-state index in [9.17, 15) is 9.59 Å². The molecule has 2 N–H and O–H groups in total. The molecule has 0 saturated heterocycles. The first-order chi connectivity index (χ1) is 12.5. The molecule has 0 unspecified atom stereocenters. The van der Waals surface area contributed by atoms with Crippen molar-refractivity contribution in [1.29, 1.82) is 0 Å². The van der Waals surface area contributed by atoms with Crippen molar-refractivity contribution < 1.29 is 19.1 Å². The third-order valence-electron chi connectivity index (χ3n) is 3.86. The summed E-state index contributed by atoms with van der Waals surface area (Å²) in [4.78, 5) is 23.7. The highest BCUT2D eigenvalue weighted by Crippen LogP contribution is 2.19. The number of rotatable bonds is 7. The molecular weight excluding hydrogens is 332 g/mol. The second kappa shape index (κ2) is 9.46. The number of amides is 2. The average molecular weight is 356 g/mol. The van der Waals surface area contributed by atoms with Gasteiger partial charge in [-0.1, -0.05) is 30.3 Å². The molecule has 26 heavy (non-hydrogen) atoms. The second-order valence-corrected chi connectivity index (χ2v) is 5.97. The summed E-state index contributed by atoms with van der Waals surface area (Å²) in [5.74, 6) is 0.696. The van der Waals surface area contributed by atoms with Gasteiger partial charge in [-0.05, 0) is 49.1 Å². The molecule has 0 heterocycles. The van der Waals surface area contributed by atoms with Crippen molar-refractivity contribution in [3.8, 4) is 11.5 Å². The molecule has 0 radical (unpaired) electrons. The molecule has 6 heteroatoms. The van der Waals surface area contributed by atoms with Gasteiger partial charge in [-0.3, -0.25) is 20.4 Å². The lowest BCUT2D eigenvalue weighted by molar-refractivity contribution is -0.130. The fourth-order valence-corrected chi connectivity index (χ4v) is 2.40. The van der Waals surface area contributed by atoms with Gasteiger partial charge in [0, 0.05) is 6.42 Å². The van der Waals surface area contributed by atoms with E-state index in [0.717, 1.165) is 22.4 Å². The van der Waals surface area contributed by atoms with Gasteiger partial charge < -0.3 is 9.47 Å². The number of carbonyl (C=O) groups is 2. The SMILES string of the molecule is COc1ccccc1CCC(=O)NNC(=O)COc1cc(C)ccc1C. The van der Waals surface area contributed by atoms with E-state index in [1.54, 1.807) is 7.11 Å². The molecule has 0 aliphatic heterocycles. The molecule has 0 aromatic heterocycles. The summed E-state index contributed by atoms with van der Waals surface area (Å²) in [5, 5.41) is 0. The van der Waals surface area contributed by atoms with Crippen LogP contribution in [0.4, 0.5) is 0 Å². The Labute approximate surface area is 153 Å². The van der Waals surface area contributed by atoms with E-state index < -0.39 is 5.91 Å². The number of aryl methyl sites for hydroxylation is 3. The standard InChI is InChI=1S/C20H24N2O4/c1-14-8-9-15(2)18(12-14)26-13-20(24)22-21-19(23)11-10-16-6-4-5-7-17(16)25-3/h4-9,12H,10-11,13H2,1-3H3,(H,21,23)(H,22,24). The maximum absolute atomic E-state index is 11.9. The van der Waals surface area contributed by atoms with Crippen molar-refractivity contribution in [2.75, 3.05) is 13.7 Å². The van der Waals surface area contributed by atoms with E-state index >= 15 is 0 Å². The third-order valence-corrected chi connectivity index (χ3v) is 3.86. The summed E-state index contributed by atoms with van der Waals surface area (Å²) in [6, 6.07) is 13.3. The molecule has 0 fully saturated rings. The number of carbonyl (C=O) groups excluding carboxylic acids is 2. The van der Waals surface area contributed by atoms with Gasteiger partial charge in [0.2, 0.25) is 5.91 Å². The fourth-order valence-electron chi connectivity index (χ4n) is 2.40. The number of para-hydroxylation sites is 1. The maximum atomic E-state index is 11.9. The highest BCUT2D eigenvalue weighted by molar-refractivity contribution is 5.82. The second-order valence-electron chi connectivity index (χ2n) is 5.97. The van der Waals surface area contributed by atoms with Crippen LogP contribution >= 0.6 is 0 Å². The number of benzene rings is 2. The van der Waals surface area contributed by atoms with Crippen LogP contribution in [0.15, 0.2) is 42.5 Å². The molecule has 0 aliphatic rings. The van der Waals surface area contributed by atoms with Gasteiger partial charge in [-0.2, -0.15) is 0 Å². The van der Waals surface area contributed by atoms with Crippen molar-refractivity contribution in [2.24, 2.45) is 0 Å². The topological polar surface area (TPSA) is 76.7 Å². The minimum Gasteiger partial charge on any atom is -0.496 e. The summed E-state index contributed by atoms with van der Waals surface area (Å²) >= 11 is 0. The van der Waals surface area contributed by atoms with E-state index in [4.69, 9.17) is 9.47 Å². The minimum atomic E-state index is -0.420. The number of hydrazine groups is 1. The van der Waals surface area contributed by atoms with Crippen LogP contribution in [-0.4, -0.2) is 25.5 Å². The van der Waals surface area contributed by atoms with Crippen molar-refractivity contribution in [3.05, 3.63) is 59.2 Å². The molecule has 2 amide bonds. The van der Waals surface area contributed by atoms with E-state index in [-0.39, 0.29) is 18.9 Å². The summed E-state index contributed by atoms with van der Waals surface area (Å²) in [7, 11) is 1.59. The van der Waals surface area contributed by atoms with Crippen LogP contribution in [0.5, 0.6) is 11.5 Å². The first-order valence-electron chi connectivity index (χ1n) is 8.39. The van der Waals surface area contributed by atoms with Gasteiger partial charge in [0.15, 0.2) is 6.61 Å². The molecule has 138 valence electrons. The predicted molar refractivity (Wildman–Crippen MR) is 99.0 cm³/mol. The van der Waals surface area contributed by atoms with Crippen LogP contribution in [0.25, 0.3) is 0 Å². The summed E-state index contributed by atoms with van der Waals surface area (Å²) < 4.78 is 10.7. The zero-order valence-electron chi connectivity index (χ0n) is 15.3. The lowest BCUT2D eigenvalue weighted by Crippen LogP contribution is -2.43. The lowest BCUT2D eigenvalue weighted by atomic mass is 10.1. The largest absolute Gasteiger partial charge is 0.496 e. The van der Waals surface area contributed by atoms with Crippen molar-refractivity contribution in [1.82, 2.24) is 10.9 Å². The van der Waals surface area contributed by atoms with Crippen LogP contribution in [-0.2, 0) is 16.0 Å². The quantitative estimate of drug-likeness (QED) is 0.747. The molecule has 0 saturated carbocycles. The third kappa shape index (κ3) is 5.81. The summed E-state index contributed by atoms with van der Waals surface area (Å²) in [5.41, 5.74) is 7.69. The fraction of sp³-hybridized carbons (Fsp3) is 0.300. The van der Waals surface area contributed by atoms with Gasteiger partial charge in [0.1, 0.15) is 11.5 Å². The van der Waals surface area contributed by atoms with Gasteiger partial charge >= 0.3 is 0 Å². The highest BCUT2D eigenvalue weighted by Gasteiger charge is 2.09. The van der Waals surface area contributed by atoms with Crippen LogP contribution in [0.1, 0.15) is 23.1 Å². The molecular formula is C20H24N2O4. The smallest absolute Gasteiger partial charge is 0.276 e. The Bertz CT molecular complexity index is 774. The normalized spacial score (nSPS) is 10.1. The molecule has 0 spiro atoms. The Balaban J connectivity index is 1.73. The van der Waals surface area contributed by atoms with E-state index in [1.165, 1.54) is 0 Å². The molecule has 2 rings (SSSR count). The Hall–Kier alpha value is -3.02. The Kier molecular flexibility index (Phi) is 7.02. The molecule has 0 atom stereocenters. The predicted octanol–water partition coefficient (Wildman–Crippen LogP) is 2.47. The molecule has 6 nitrogen and oxygen atoms in total. The molecule has 2 aromatic carbocycles. The summed E-state index contributed by atoms with van der Waals surface area (Å²) in [6.45, 7) is 3.69. The monoisotopic (exact) mass is 356 g/mol. The first kappa shape index (κ1) is 19.3. The van der Waals surface area contributed by atoms with Crippen molar-refractivity contribution >= 4 is 11.8 Å². The van der Waals surface area contributed by atoms with Crippen LogP contribution in [0.2, 0.25) is 0 Å². The number of methoxy groups -OCH3 is 1. The highest BCUT2D eigenvalue weighted by atomic mass is 16.5. The van der Waals surface area contributed by atoms with Gasteiger partial charge in [-0.25, -0.2) is 0 Å². The summed E-state index contributed by atoms with van der Waals surface area (Å²) in [6.07, 6.45) is 0.753. The van der Waals surface area contributed by atoms with E-state index in [2.05, 4.69) is 10.9 Å². The van der Waals surface area contributed by atoms with Gasteiger partial charge in [-0.15, -0.1) is 0 Å². The zero-order valence-corrected chi connectivity index (χ0v) is 15.3. The number of ether oxygens (including phenoxy) is 2. The average Bonchev–Trinajstić information content (AvgIpc) is 2.65. The van der Waals surface area contributed by atoms with Crippen molar-refractivity contribution in [2.45, 2.75) is 26.7 Å². The number of hydrogen-bond donors (Lipinski definition) is 2. The Morgan fingerprint density at radius 3 is 2.46 bits per heavy atom. The van der Waals surface area contributed by atoms with Crippen LogP contribution in [0.3, 0.4) is 0 Å². The van der Waals surface area contributed by atoms with Crippen LogP contribution in [0, 0.1) is 13.8 Å². The number of hydrogen-bond acceptors (Lipinski definition) is 4. The number of nitrogens with one attached hydrogen (secondary N) is 2. The van der Waals surface area contributed by atoms with Crippen LogP contribution < -0.4 is 20.3 Å². The maximum Gasteiger partial charge on any atom is 0.276 e.